The van der Waals surface area contributed by atoms with Crippen LogP contribution in [-0.2, 0) is 9.53 Å². The van der Waals surface area contributed by atoms with Gasteiger partial charge in [-0.25, -0.2) is 8.78 Å². The fourth-order valence-corrected chi connectivity index (χ4v) is 2.58. The highest BCUT2D eigenvalue weighted by atomic mass is 32.2. The van der Waals surface area contributed by atoms with Crippen molar-refractivity contribution >= 4 is 17.7 Å². The van der Waals surface area contributed by atoms with Gasteiger partial charge in [0, 0.05) is 6.42 Å². The maximum absolute atomic E-state index is 12.6. The Morgan fingerprint density at radius 3 is 2.53 bits per heavy atom. The first-order valence-electron chi connectivity index (χ1n) is 6.06. The largest absolute Gasteiger partial charge is 0.465 e. The second-order valence-electron chi connectivity index (χ2n) is 4.07. The van der Waals surface area contributed by atoms with Crippen molar-refractivity contribution in [3.63, 3.8) is 0 Å². The summed E-state index contributed by atoms with van der Waals surface area (Å²) in [5.41, 5.74) is 0. The van der Waals surface area contributed by atoms with E-state index < -0.39 is 5.92 Å². The molecule has 0 saturated carbocycles. The highest BCUT2D eigenvalue weighted by molar-refractivity contribution is 8.00. The van der Waals surface area contributed by atoms with Gasteiger partial charge in [0.2, 0.25) is 5.92 Å². The predicted octanol–water partition coefficient (Wildman–Crippen LogP) is 3.89. The lowest BCUT2D eigenvalue weighted by molar-refractivity contribution is -0.142. The quantitative estimate of drug-likeness (QED) is 0.469. The van der Waals surface area contributed by atoms with Crippen molar-refractivity contribution in [1.29, 1.82) is 0 Å². The second kappa shape index (κ2) is 8.72. The molecular formula is C12H22F2O2S. The van der Waals surface area contributed by atoms with Crippen molar-refractivity contribution in [2.75, 3.05) is 12.4 Å². The van der Waals surface area contributed by atoms with Gasteiger partial charge < -0.3 is 4.74 Å². The van der Waals surface area contributed by atoms with Crippen LogP contribution in [0, 0.1) is 0 Å². The molecule has 0 fully saturated rings. The van der Waals surface area contributed by atoms with E-state index >= 15 is 0 Å². The van der Waals surface area contributed by atoms with Crippen LogP contribution < -0.4 is 0 Å². The third-order valence-corrected chi connectivity index (χ3v) is 3.53. The third-order valence-electron chi connectivity index (χ3n) is 2.18. The Hall–Kier alpha value is -0.320. The van der Waals surface area contributed by atoms with Gasteiger partial charge in [0.05, 0.1) is 6.61 Å². The molecule has 0 aliphatic rings. The van der Waals surface area contributed by atoms with Crippen LogP contribution in [0.2, 0.25) is 0 Å². The molecule has 17 heavy (non-hydrogen) atoms. The Morgan fingerprint density at radius 1 is 1.41 bits per heavy atom. The van der Waals surface area contributed by atoms with E-state index in [9.17, 15) is 13.6 Å². The van der Waals surface area contributed by atoms with E-state index in [0.29, 0.717) is 18.8 Å². The van der Waals surface area contributed by atoms with E-state index in [-0.39, 0.29) is 17.6 Å². The number of ether oxygens (including phenoxy) is 1. The first-order chi connectivity index (χ1) is 7.90. The summed E-state index contributed by atoms with van der Waals surface area (Å²) < 4.78 is 30.1. The molecule has 0 saturated heterocycles. The minimum absolute atomic E-state index is 0.123. The predicted molar refractivity (Wildman–Crippen MR) is 67.6 cm³/mol. The smallest absolute Gasteiger partial charge is 0.319 e. The summed E-state index contributed by atoms with van der Waals surface area (Å²) in [5.74, 6) is -2.25. The molecule has 0 amide bonds. The fourth-order valence-electron chi connectivity index (χ4n) is 1.37. The lowest BCUT2D eigenvalue weighted by atomic mass is 10.2. The minimum atomic E-state index is -2.61. The molecule has 0 heterocycles. The van der Waals surface area contributed by atoms with Crippen molar-refractivity contribution < 1.29 is 18.3 Å². The highest BCUT2D eigenvalue weighted by Gasteiger charge is 2.22. The zero-order valence-electron chi connectivity index (χ0n) is 10.8. The first-order valence-corrected chi connectivity index (χ1v) is 7.11. The Labute approximate surface area is 106 Å². The van der Waals surface area contributed by atoms with E-state index in [1.165, 1.54) is 11.8 Å². The van der Waals surface area contributed by atoms with E-state index in [0.717, 1.165) is 19.8 Å². The Morgan fingerprint density at radius 2 is 2.06 bits per heavy atom. The number of halogens is 2. The van der Waals surface area contributed by atoms with E-state index in [1.807, 2.05) is 6.92 Å². The molecule has 2 nitrogen and oxygen atoms in total. The number of rotatable bonds is 9. The second-order valence-corrected chi connectivity index (χ2v) is 5.38. The summed E-state index contributed by atoms with van der Waals surface area (Å²) in [4.78, 5) is 11.5. The number of hydrogen-bond donors (Lipinski definition) is 0. The zero-order chi connectivity index (χ0) is 13.3. The molecule has 102 valence electrons. The first kappa shape index (κ1) is 16.7. The van der Waals surface area contributed by atoms with Gasteiger partial charge in [0.1, 0.15) is 5.25 Å². The fraction of sp³-hybridized carbons (Fsp3) is 0.917. The topological polar surface area (TPSA) is 26.3 Å². The Kier molecular flexibility index (Phi) is 8.56. The van der Waals surface area contributed by atoms with Gasteiger partial charge in [-0.2, -0.15) is 0 Å². The summed E-state index contributed by atoms with van der Waals surface area (Å²) in [6.07, 6.45) is 1.93. The summed E-state index contributed by atoms with van der Waals surface area (Å²) in [6.45, 7) is 5.05. The van der Waals surface area contributed by atoms with Gasteiger partial charge in [0.15, 0.2) is 0 Å². The molecule has 0 radical (unpaired) electrons. The molecule has 0 aliphatic carbocycles. The molecule has 0 rings (SSSR count). The van der Waals surface area contributed by atoms with Gasteiger partial charge in [-0.15, -0.1) is 11.8 Å². The molecule has 0 aromatic rings. The van der Waals surface area contributed by atoms with Gasteiger partial charge in [-0.1, -0.05) is 13.3 Å². The van der Waals surface area contributed by atoms with Crippen LogP contribution in [0.1, 0.15) is 46.5 Å². The molecule has 0 N–H and O–H groups in total. The van der Waals surface area contributed by atoms with Crippen molar-refractivity contribution in [1.82, 2.24) is 0 Å². The lowest BCUT2D eigenvalue weighted by Crippen LogP contribution is -2.21. The number of carbonyl (C=O) groups is 1. The molecule has 0 aromatic heterocycles. The maximum Gasteiger partial charge on any atom is 0.319 e. The maximum atomic E-state index is 12.6. The van der Waals surface area contributed by atoms with Gasteiger partial charge in [0.25, 0.3) is 0 Å². The molecule has 5 heteroatoms. The number of hydrogen-bond acceptors (Lipinski definition) is 3. The molecule has 0 aliphatic heterocycles. The minimum Gasteiger partial charge on any atom is -0.465 e. The number of alkyl halides is 2. The van der Waals surface area contributed by atoms with Crippen molar-refractivity contribution in [2.45, 2.75) is 57.6 Å². The molecule has 0 aromatic carbocycles. The number of thioether (sulfide) groups is 1. The van der Waals surface area contributed by atoms with E-state index in [1.54, 1.807) is 6.92 Å². The van der Waals surface area contributed by atoms with Gasteiger partial charge >= 0.3 is 5.97 Å². The Bertz CT molecular complexity index is 217. The van der Waals surface area contributed by atoms with Crippen molar-refractivity contribution in [3.05, 3.63) is 0 Å². The SMILES string of the molecule is CCCC(SCCCC(C)(F)F)C(=O)OCC. The van der Waals surface area contributed by atoms with Crippen LogP contribution in [0.25, 0.3) is 0 Å². The average Bonchev–Trinajstić information content (AvgIpc) is 2.21. The average molecular weight is 268 g/mol. The van der Waals surface area contributed by atoms with Crippen LogP contribution >= 0.6 is 11.8 Å². The van der Waals surface area contributed by atoms with Crippen LogP contribution in [0.4, 0.5) is 8.78 Å². The number of esters is 1. The van der Waals surface area contributed by atoms with Gasteiger partial charge in [-0.05, 0) is 32.4 Å². The molecule has 1 atom stereocenters. The number of carbonyl (C=O) groups excluding carboxylic acids is 1. The third kappa shape index (κ3) is 9.39. The lowest BCUT2D eigenvalue weighted by Gasteiger charge is -2.15. The monoisotopic (exact) mass is 268 g/mol. The van der Waals surface area contributed by atoms with E-state index in [4.69, 9.17) is 4.74 Å². The summed E-state index contributed by atoms with van der Waals surface area (Å²) in [6, 6.07) is 0. The summed E-state index contributed by atoms with van der Waals surface area (Å²) in [7, 11) is 0. The summed E-state index contributed by atoms with van der Waals surface area (Å²) in [5, 5.41) is -0.203. The van der Waals surface area contributed by atoms with Gasteiger partial charge in [-0.3, -0.25) is 4.79 Å². The van der Waals surface area contributed by atoms with Crippen LogP contribution in [0.5, 0.6) is 0 Å². The van der Waals surface area contributed by atoms with Crippen LogP contribution in [0.3, 0.4) is 0 Å². The van der Waals surface area contributed by atoms with Crippen LogP contribution in [-0.4, -0.2) is 29.5 Å². The van der Waals surface area contributed by atoms with E-state index in [2.05, 4.69) is 0 Å². The zero-order valence-corrected chi connectivity index (χ0v) is 11.6. The summed E-state index contributed by atoms with van der Waals surface area (Å²) >= 11 is 1.43. The van der Waals surface area contributed by atoms with Crippen molar-refractivity contribution in [2.24, 2.45) is 0 Å². The van der Waals surface area contributed by atoms with Crippen LogP contribution in [0.15, 0.2) is 0 Å². The highest BCUT2D eigenvalue weighted by Crippen LogP contribution is 2.24. The molecule has 1 unspecified atom stereocenters. The molecule has 0 bridgehead atoms. The van der Waals surface area contributed by atoms with Crippen molar-refractivity contribution in [3.8, 4) is 0 Å². The molecular weight excluding hydrogens is 246 g/mol. The standard InChI is InChI=1S/C12H22F2O2S/c1-4-7-10(11(15)16-5-2)17-9-6-8-12(3,13)14/h10H,4-9H2,1-3H3. The molecule has 0 spiro atoms. The normalized spacial score (nSPS) is 13.5. The Balaban J connectivity index is 3.89.